The summed E-state index contributed by atoms with van der Waals surface area (Å²) in [6.07, 6.45) is 2.13. The topological polar surface area (TPSA) is 82.8 Å². The number of carbonyl (C=O) groups excluding carboxylic acids is 1. The van der Waals surface area contributed by atoms with Crippen LogP contribution in [0, 0.1) is 6.92 Å². The molecular weight excluding hydrogens is 160 g/mol. The van der Waals surface area contributed by atoms with Crippen LogP contribution < -0.4 is 11.2 Å². The number of hydrogen-bond donors (Lipinski definition) is 2. The predicted molar refractivity (Wildman–Crippen MR) is 44.2 cm³/mol. The van der Waals surface area contributed by atoms with Crippen molar-refractivity contribution < 1.29 is 4.79 Å². The first-order valence-electron chi connectivity index (χ1n) is 3.30. The monoisotopic (exact) mass is 170 g/mol. The van der Waals surface area contributed by atoms with Gasteiger partial charge in [0.25, 0.3) is 5.56 Å². The van der Waals surface area contributed by atoms with Gasteiger partial charge in [-0.2, -0.15) is 0 Å². The molecule has 1 heterocycles. The van der Waals surface area contributed by atoms with Gasteiger partial charge in [0.05, 0.1) is 0 Å². The number of H-pyrrole nitrogens is 2. The van der Waals surface area contributed by atoms with Gasteiger partial charge in [0.2, 0.25) is 0 Å². The summed E-state index contributed by atoms with van der Waals surface area (Å²) in [7, 11) is 0. The van der Waals surface area contributed by atoms with E-state index in [1.807, 2.05) is 0 Å². The zero-order valence-corrected chi connectivity index (χ0v) is 6.88. The Kier molecular flexibility index (Phi) is 4.36. The van der Waals surface area contributed by atoms with Crippen molar-refractivity contribution in [2.45, 2.75) is 13.8 Å². The summed E-state index contributed by atoms with van der Waals surface area (Å²) in [5.41, 5.74) is -0.293. The van der Waals surface area contributed by atoms with Gasteiger partial charge in [-0.3, -0.25) is 9.78 Å². The fraction of sp³-hybridized carbons (Fsp3) is 0.286. The van der Waals surface area contributed by atoms with E-state index in [2.05, 4.69) is 9.97 Å². The second-order valence-corrected chi connectivity index (χ2v) is 1.99. The highest BCUT2D eigenvalue weighted by atomic mass is 16.2. The molecule has 0 aromatic carbocycles. The standard InChI is InChI=1S/C5H6N2O2.C2H4O/c1-3-2-6-5(9)7-4(3)8;1-2-3/h2H,1H3,(H2,6,7,8,9);2H,1H3. The lowest BCUT2D eigenvalue weighted by Gasteiger charge is -1.84. The van der Waals surface area contributed by atoms with Crippen molar-refractivity contribution in [3.05, 3.63) is 32.6 Å². The van der Waals surface area contributed by atoms with E-state index in [1.165, 1.54) is 13.1 Å². The Morgan fingerprint density at radius 3 is 2.25 bits per heavy atom. The van der Waals surface area contributed by atoms with Crippen molar-refractivity contribution in [2.75, 3.05) is 0 Å². The first-order chi connectivity index (χ1) is 5.61. The Bertz CT molecular complexity index is 350. The van der Waals surface area contributed by atoms with Gasteiger partial charge in [-0.05, 0) is 13.8 Å². The lowest BCUT2D eigenvalue weighted by atomic mass is 10.4. The van der Waals surface area contributed by atoms with E-state index < -0.39 is 5.69 Å². The van der Waals surface area contributed by atoms with Gasteiger partial charge in [-0.1, -0.05) is 0 Å². The Hall–Kier alpha value is -1.65. The quantitative estimate of drug-likeness (QED) is 0.518. The number of aldehydes is 1. The molecule has 5 heteroatoms. The molecule has 0 bridgehead atoms. The number of carbonyl (C=O) groups is 1. The van der Waals surface area contributed by atoms with Crippen LogP contribution in [0.5, 0.6) is 0 Å². The van der Waals surface area contributed by atoms with Gasteiger partial charge in [0.1, 0.15) is 6.29 Å². The first-order valence-corrected chi connectivity index (χ1v) is 3.30. The van der Waals surface area contributed by atoms with E-state index in [-0.39, 0.29) is 5.56 Å². The van der Waals surface area contributed by atoms with Crippen molar-refractivity contribution in [3.63, 3.8) is 0 Å². The van der Waals surface area contributed by atoms with Gasteiger partial charge in [0, 0.05) is 11.8 Å². The number of aromatic nitrogens is 2. The van der Waals surface area contributed by atoms with E-state index in [4.69, 9.17) is 4.79 Å². The Labute approximate surface area is 68.5 Å². The third kappa shape index (κ3) is 3.50. The largest absolute Gasteiger partial charge is 0.325 e. The first kappa shape index (κ1) is 10.3. The zero-order chi connectivity index (χ0) is 9.56. The van der Waals surface area contributed by atoms with Crippen molar-refractivity contribution in [1.82, 2.24) is 9.97 Å². The van der Waals surface area contributed by atoms with Crippen LogP contribution in [0.1, 0.15) is 12.5 Å². The average Bonchev–Trinajstić information content (AvgIpc) is 1.99. The highest BCUT2D eigenvalue weighted by Crippen LogP contribution is 1.73. The van der Waals surface area contributed by atoms with Crippen molar-refractivity contribution >= 4 is 6.29 Å². The molecule has 1 rings (SSSR count). The van der Waals surface area contributed by atoms with E-state index >= 15 is 0 Å². The van der Waals surface area contributed by atoms with Crippen molar-refractivity contribution in [2.24, 2.45) is 0 Å². The summed E-state index contributed by atoms with van der Waals surface area (Å²) in [5, 5.41) is 0. The lowest BCUT2D eigenvalue weighted by molar-refractivity contribution is -0.106. The molecule has 0 amide bonds. The van der Waals surface area contributed by atoms with E-state index in [0.717, 1.165) is 6.29 Å². The molecule has 0 fully saturated rings. The molecular formula is C7H10N2O3. The molecule has 0 aliphatic heterocycles. The van der Waals surface area contributed by atoms with Crippen molar-refractivity contribution in [3.8, 4) is 0 Å². The normalized spacial score (nSPS) is 8.17. The van der Waals surface area contributed by atoms with Crippen LogP contribution in [0.3, 0.4) is 0 Å². The maximum Gasteiger partial charge on any atom is 0.325 e. The van der Waals surface area contributed by atoms with Crippen LogP contribution in [0.2, 0.25) is 0 Å². The van der Waals surface area contributed by atoms with Gasteiger partial charge >= 0.3 is 5.69 Å². The highest BCUT2D eigenvalue weighted by molar-refractivity contribution is 5.44. The maximum absolute atomic E-state index is 10.6. The Morgan fingerprint density at radius 1 is 1.42 bits per heavy atom. The predicted octanol–water partition coefficient (Wildman–Crippen LogP) is -0.423. The fourth-order valence-electron chi connectivity index (χ4n) is 0.477. The molecule has 0 aliphatic carbocycles. The number of hydrogen-bond acceptors (Lipinski definition) is 3. The number of nitrogens with one attached hydrogen (secondary N) is 2. The molecule has 0 unspecified atom stereocenters. The Balaban J connectivity index is 0.000000354. The third-order valence-corrected chi connectivity index (χ3v) is 1.00. The molecule has 5 nitrogen and oxygen atoms in total. The summed E-state index contributed by atoms with van der Waals surface area (Å²) >= 11 is 0. The minimum absolute atomic E-state index is 0.334. The second-order valence-electron chi connectivity index (χ2n) is 1.99. The van der Waals surface area contributed by atoms with E-state index in [0.29, 0.717) is 5.56 Å². The van der Waals surface area contributed by atoms with Crippen LogP contribution in [0.4, 0.5) is 0 Å². The van der Waals surface area contributed by atoms with Crippen LogP contribution >= 0.6 is 0 Å². The fourth-order valence-corrected chi connectivity index (χ4v) is 0.477. The van der Waals surface area contributed by atoms with Crippen molar-refractivity contribution in [1.29, 1.82) is 0 Å². The average molecular weight is 170 g/mol. The van der Waals surface area contributed by atoms with Crippen LogP contribution in [-0.2, 0) is 4.79 Å². The van der Waals surface area contributed by atoms with Crippen LogP contribution in [-0.4, -0.2) is 16.3 Å². The maximum atomic E-state index is 10.6. The summed E-state index contributed by atoms with van der Waals surface area (Å²) in [4.78, 5) is 34.1. The number of aromatic amines is 2. The SMILES string of the molecule is CC=O.Cc1c[nH]c(=O)[nH]c1=O. The van der Waals surface area contributed by atoms with Gasteiger partial charge in [-0.15, -0.1) is 0 Å². The third-order valence-electron chi connectivity index (χ3n) is 1.00. The van der Waals surface area contributed by atoms with E-state index in [9.17, 15) is 9.59 Å². The highest BCUT2D eigenvalue weighted by Gasteiger charge is 1.88. The molecule has 0 saturated carbocycles. The lowest BCUT2D eigenvalue weighted by Crippen LogP contribution is -2.22. The van der Waals surface area contributed by atoms with Gasteiger partial charge in [-0.25, -0.2) is 4.79 Å². The smallest absolute Gasteiger partial charge is 0.314 e. The number of rotatable bonds is 0. The molecule has 0 radical (unpaired) electrons. The molecule has 66 valence electrons. The molecule has 12 heavy (non-hydrogen) atoms. The summed E-state index contributed by atoms with van der Waals surface area (Å²) in [5.74, 6) is 0. The molecule has 1 aromatic heterocycles. The molecule has 2 N–H and O–H groups in total. The van der Waals surface area contributed by atoms with E-state index in [1.54, 1.807) is 6.92 Å². The zero-order valence-electron chi connectivity index (χ0n) is 6.88. The van der Waals surface area contributed by atoms with Crippen LogP contribution in [0.25, 0.3) is 0 Å². The molecule has 1 aromatic rings. The Morgan fingerprint density at radius 2 is 1.92 bits per heavy atom. The van der Waals surface area contributed by atoms with Gasteiger partial charge < -0.3 is 9.78 Å². The summed E-state index contributed by atoms with van der Waals surface area (Å²) in [6, 6.07) is 0. The minimum atomic E-state index is -0.467. The number of aryl methyl sites for hydroxylation is 1. The summed E-state index contributed by atoms with van der Waals surface area (Å²) in [6.45, 7) is 3.06. The minimum Gasteiger partial charge on any atom is -0.314 e. The summed E-state index contributed by atoms with van der Waals surface area (Å²) < 4.78 is 0. The molecule has 0 spiro atoms. The second kappa shape index (κ2) is 5.06. The molecule has 0 saturated heterocycles. The van der Waals surface area contributed by atoms with Crippen LogP contribution in [0.15, 0.2) is 15.8 Å². The molecule has 0 atom stereocenters. The van der Waals surface area contributed by atoms with Gasteiger partial charge in [0.15, 0.2) is 0 Å². The molecule has 0 aliphatic rings.